The first kappa shape index (κ1) is 14.9. The van der Waals surface area contributed by atoms with Crippen molar-refractivity contribution in [1.82, 2.24) is 24.2 Å². The summed E-state index contributed by atoms with van der Waals surface area (Å²) in [6.07, 6.45) is 4.82. The van der Waals surface area contributed by atoms with Crippen molar-refractivity contribution in [1.29, 1.82) is 0 Å². The van der Waals surface area contributed by atoms with E-state index in [9.17, 15) is 13.2 Å². The van der Waals surface area contributed by atoms with Gasteiger partial charge >= 0.3 is 0 Å². The molecular weight excluding hydrogens is 282 g/mol. The van der Waals surface area contributed by atoms with Gasteiger partial charge in [-0.3, -0.25) is 9.48 Å². The third-order valence-electron chi connectivity index (χ3n) is 3.37. The second kappa shape index (κ2) is 5.88. The number of rotatable bonds is 4. The Balaban J connectivity index is 1.87. The van der Waals surface area contributed by atoms with E-state index in [1.54, 1.807) is 22.0 Å². The van der Waals surface area contributed by atoms with Gasteiger partial charge in [-0.15, -0.1) is 5.10 Å². The summed E-state index contributed by atoms with van der Waals surface area (Å²) in [4.78, 5) is 13.8. The van der Waals surface area contributed by atoms with Crippen molar-refractivity contribution in [2.45, 2.75) is 25.9 Å². The standard InChI is InChI=1S/C11H19N5O3S/c1-10-9-14(7-8-16(10)20(2,18)19)11(17)3-5-15-6-4-12-13-15/h4,6,10H,3,5,7-9H2,1-2H3/t10-/m0/s1. The molecule has 1 aromatic rings. The lowest BCUT2D eigenvalue weighted by Crippen LogP contribution is -2.55. The van der Waals surface area contributed by atoms with Gasteiger partial charge in [0.05, 0.1) is 19.0 Å². The average Bonchev–Trinajstić information content (AvgIpc) is 2.87. The maximum Gasteiger partial charge on any atom is 0.224 e. The molecule has 0 spiro atoms. The molecule has 112 valence electrons. The van der Waals surface area contributed by atoms with Crippen molar-refractivity contribution >= 4 is 15.9 Å². The molecule has 8 nitrogen and oxygen atoms in total. The minimum Gasteiger partial charge on any atom is -0.340 e. The number of aromatic nitrogens is 3. The quantitative estimate of drug-likeness (QED) is 0.723. The zero-order valence-corrected chi connectivity index (χ0v) is 12.5. The van der Waals surface area contributed by atoms with Crippen LogP contribution in [0.4, 0.5) is 0 Å². The van der Waals surface area contributed by atoms with Crippen molar-refractivity contribution < 1.29 is 13.2 Å². The summed E-state index contributed by atoms with van der Waals surface area (Å²) in [6, 6.07) is -0.186. The molecule has 1 fully saturated rings. The fourth-order valence-corrected chi connectivity index (χ4v) is 3.51. The van der Waals surface area contributed by atoms with Gasteiger partial charge in [0, 0.05) is 38.3 Å². The largest absolute Gasteiger partial charge is 0.340 e. The van der Waals surface area contributed by atoms with Crippen LogP contribution in [0, 0.1) is 0 Å². The highest BCUT2D eigenvalue weighted by molar-refractivity contribution is 7.88. The van der Waals surface area contributed by atoms with E-state index >= 15 is 0 Å². The highest BCUT2D eigenvalue weighted by Gasteiger charge is 2.31. The van der Waals surface area contributed by atoms with Gasteiger partial charge in [0.1, 0.15) is 0 Å². The molecule has 0 bridgehead atoms. The molecule has 0 unspecified atom stereocenters. The van der Waals surface area contributed by atoms with Crippen molar-refractivity contribution in [3.63, 3.8) is 0 Å². The van der Waals surface area contributed by atoms with Gasteiger partial charge in [-0.05, 0) is 6.92 Å². The lowest BCUT2D eigenvalue weighted by Gasteiger charge is -2.38. The molecule has 9 heteroatoms. The van der Waals surface area contributed by atoms with Crippen molar-refractivity contribution in [3.8, 4) is 0 Å². The van der Waals surface area contributed by atoms with Gasteiger partial charge in [-0.25, -0.2) is 8.42 Å². The molecule has 0 aromatic carbocycles. The Morgan fingerprint density at radius 1 is 1.40 bits per heavy atom. The number of carbonyl (C=O) groups excluding carboxylic acids is 1. The second-order valence-electron chi connectivity index (χ2n) is 4.98. The first-order chi connectivity index (χ1) is 9.38. The Kier molecular flexibility index (Phi) is 4.39. The Morgan fingerprint density at radius 3 is 2.70 bits per heavy atom. The molecule has 1 aromatic heterocycles. The molecule has 1 saturated heterocycles. The van der Waals surface area contributed by atoms with E-state index in [-0.39, 0.29) is 11.9 Å². The number of hydrogen-bond acceptors (Lipinski definition) is 5. The number of piperazine rings is 1. The first-order valence-corrected chi connectivity index (χ1v) is 8.31. The molecule has 0 radical (unpaired) electrons. The maximum absolute atomic E-state index is 12.1. The summed E-state index contributed by atoms with van der Waals surface area (Å²) < 4.78 is 26.2. The van der Waals surface area contributed by atoms with Crippen LogP contribution in [0.3, 0.4) is 0 Å². The van der Waals surface area contributed by atoms with Crippen LogP contribution in [-0.2, 0) is 21.4 Å². The molecule has 1 amide bonds. The summed E-state index contributed by atoms with van der Waals surface area (Å²) in [7, 11) is -3.20. The Bertz CT molecular complexity index is 557. The van der Waals surface area contributed by atoms with Crippen LogP contribution in [0.15, 0.2) is 12.4 Å². The number of sulfonamides is 1. The third-order valence-corrected chi connectivity index (χ3v) is 4.77. The van der Waals surface area contributed by atoms with Gasteiger partial charge in [0.15, 0.2) is 0 Å². The van der Waals surface area contributed by atoms with Gasteiger partial charge < -0.3 is 4.90 Å². The van der Waals surface area contributed by atoms with Crippen LogP contribution in [0.5, 0.6) is 0 Å². The lowest BCUT2D eigenvalue weighted by molar-refractivity contribution is -0.133. The van der Waals surface area contributed by atoms with E-state index < -0.39 is 10.0 Å². The van der Waals surface area contributed by atoms with Crippen LogP contribution < -0.4 is 0 Å². The number of nitrogens with zero attached hydrogens (tertiary/aromatic N) is 5. The monoisotopic (exact) mass is 301 g/mol. The van der Waals surface area contributed by atoms with Gasteiger partial charge in [-0.2, -0.15) is 4.31 Å². The van der Waals surface area contributed by atoms with Crippen LogP contribution in [0.1, 0.15) is 13.3 Å². The Morgan fingerprint density at radius 2 is 2.15 bits per heavy atom. The van der Waals surface area contributed by atoms with Crippen LogP contribution in [-0.4, -0.2) is 70.5 Å². The van der Waals surface area contributed by atoms with E-state index in [1.165, 1.54) is 10.6 Å². The number of carbonyl (C=O) groups is 1. The molecule has 2 rings (SSSR count). The third kappa shape index (κ3) is 3.54. The molecule has 0 saturated carbocycles. The van der Waals surface area contributed by atoms with E-state index in [1.807, 2.05) is 6.92 Å². The SMILES string of the molecule is C[C@H]1CN(C(=O)CCn2ccnn2)CCN1S(C)(=O)=O. The smallest absolute Gasteiger partial charge is 0.224 e. The van der Waals surface area contributed by atoms with Crippen LogP contribution in [0.25, 0.3) is 0 Å². The minimum absolute atomic E-state index is 0.0144. The predicted octanol–water partition coefficient (Wildman–Crippen LogP) is -0.839. The molecule has 1 aliphatic rings. The van der Waals surface area contributed by atoms with Crippen LogP contribution >= 0.6 is 0 Å². The maximum atomic E-state index is 12.1. The zero-order valence-electron chi connectivity index (χ0n) is 11.6. The van der Waals surface area contributed by atoms with Gasteiger partial charge in [-0.1, -0.05) is 5.21 Å². The summed E-state index contributed by atoms with van der Waals surface area (Å²) in [5.41, 5.74) is 0. The van der Waals surface area contributed by atoms with E-state index in [0.29, 0.717) is 32.6 Å². The first-order valence-electron chi connectivity index (χ1n) is 6.46. The molecule has 1 atom stereocenters. The van der Waals surface area contributed by atoms with E-state index in [0.717, 1.165) is 0 Å². The van der Waals surface area contributed by atoms with Gasteiger partial charge in [0.2, 0.25) is 15.9 Å². The number of aryl methyl sites for hydroxylation is 1. The summed E-state index contributed by atoms with van der Waals surface area (Å²) in [6.45, 7) is 3.53. The molecule has 1 aliphatic heterocycles. The molecular formula is C11H19N5O3S. The Hall–Kier alpha value is -1.48. The summed E-state index contributed by atoms with van der Waals surface area (Å²) >= 11 is 0. The number of hydrogen-bond donors (Lipinski definition) is 0. The van der Waals surface area contributed by atoms with Crippen molar-refractivity contribution in [2.24, 2.45) is 0 Å². The summed E-state index contributed by atoms with van der Waals surface area (Å²) in [5, 5.41) is 7.48. The van der Waals surface area contributed by atoms with Crippen molar-refractivity contribution in [2.75, 3.05) is 25.9 Å². The fourth-order valence-electron chi connectivity index (χ4n) is 2.38. The lowest BCUT2D eigenvalue weighted by atomic mass is 10.2. The van der Waals surface area contributed by atoms with Crippen molar-refractivity contribution in [3.05, 3.63) is 12.4 Å². The van der Waals surface area contributed by atoms with E-state index in [4.69, 9.17) is 0 Å². The minimum atomic E-state index is -3.20. The topological polar surface area (TPSA) is 88.4 Å². The number of amides is 1. The fraction of sp³-hybridized carbons (Fsp3) is 0.727. The average molecular weight is 301 g/mol. The molecule has 20 heavy (non-hydrogen) atoms. The van der Waals surface area contributed by atoms with Crippen LogP contribution in [0.2, 0.25) is 0 Å². The zero-order chi connectivity index (χ0) is 14.8. The predicted molar refractivity (Wildman–Crippen MR) is 72.2 cm³/mol. The molecule has 0 N–H and O–H groups in total. The molecule has 0 aliphatic carbocycles. The highest BCUT2D eigenvalue weighted by atomic mass is 32.2. The highest BCUT2D eigenvalue weighted by Crippen LogP contribution is 2.14. The van der Waals surface area contributed by atoms with E-state index in [2.05, 4.69) is 10.3 Å². The summed E-state index contributed by atoms with van der Waals surface area (Å²) in [5.74, 6) is 0.0144. The second-order valence-corrected chi connectivity index (χ2v) is 6.91. The normalized spacial score (nSPS) is 21.1. The molecule has 2 heterocycles. The Labute approximate surface area is 118 Å². The van der Waals surface area contributed by atoms with Gasteiger partial charge in [0.25, 0.3) is 0 Å².